The maximum atomic E-state index is 13.6. The second-order valence-electron chi connectivity index (χ2n) is 8.87. The molecule has 2 fully saturated rings. The first-order valence-electron chi connectivity index (χ1n) is 11.6. The number of carbonyl (C=O) groups excluding carboxylic acids is 2. The molecule has 1 saturated carbocycles. The Hall–Kier alpha value is -2.07. The van der Waals surface area contributed by atoms with E-state index in [4.69, 9.17) is 11.6 Å². The van der Waals surface area contributed by atoms with Crippen molar-refractivity contribution in [3.8, 4) is 0 Å². The van der Waals surface area contributed by atoms with Crippen LogP contribution in [0.1, 0.15) is 37.3 Å². The molecule has 1 aromatic carbocycles. The third kappa shape index (κ3) is 6.02. The number of hydrogen-bond acceptors (Lipinski definition) is 5. The van der Waals surface area contributed by atoms with Gasteiger partial charge in [-0.3, -0.25) is 9.59 Å². The smallest absolute Gasteiger partial charge is 0.390 e. The highest BCUT2D eigenvalue weighted by molar-refractivity contribution is 8.01. The fourth-order valence-corrected chi connectivity index (χ4v) is 5.37. The number of rotatable bonds is 8. The molecule has 194 valence electrons. The molecule has 1 saturated heterocycles. The van der Waals surface area contributed by atoms with Crippen LogP contribution in [0.5, 0.6) is 0 Å². The van der Waals surface area contributed by atoms with Gasteiger partial charge in [-0.2, -0.15) is 13.2 Å². The minimum Gasteiger partial charge on any atom is -0.390 e. The standard InChI is InChI=1S/C24H32ClF3N4O2S/c1-5-19(29-2)20(31-10-12-32(13-11-31)22(34)23(35-4)8-9-23)21(33)30(3)15-16-6-7-17(14-18(16)25)24(26,27)28/h6-7,14,29H,5,8-13,15H2,1-4H3/b20-19+. The van der Waals surface area contributed by atoms with E-state index < -0.39 is 11.7 Å². The zero-order valence-electron chi connectivity index (χ0n) is 20.5. The number of alkyl halides is 3. The largest absolute Gasteiger partial charge is 0.416 e. The zero-order chi connectivity index (χ0) is 26.0. The highest BCUT2D eigenvalue weighted by Crippen LogP contribution is 2.48. The highest BCUT2D eigenvalue weighted by Gasteiger charge is 2.51. The number of allylic oxidation sites excluding steroid dienone is 1. The molecule has 2 aliphatic rings. The van der Waals surface area contributed by atoms with Crippen LogP contribution in [0.25, 0.3) is 0 Å². The van der Waals surface area contributed by atoms with Gasteiger partial charge in [0, 0.05) is 57.5 Å². The first-order valence-corrected chi connectivity index (χ1v) is 13.2. The van der Waals surface area contributed by atoms with Crippen molar-refractivity contribution in [3.05, 3.63) is 45.7 Å². The summed E-state index contributed by atoms with van der Waals surface area (Å²) in [6, 6.07) is 3.16. The number of nitrogens with one attached hydrogen (secondary N) is 1. The first-order chi connectivity index (χ1) is 16.5. The summed E-state index contributed by atoms with van der Waals surface area (Å²) in [6.45, 7) is 4.13. The van der Waals surface area contributed by atoms with Crippen LogP contribution in [-0.2, 0) is 22.3 Å². The Balaban J connectivity index is 1.74. The molecule has 0 aromatic heterocycles. The van der Waals surface area contributed by atoms with E-state index in [0.717, 1.165) is 30.7 Å². The van der Waals surface area contributed by atoms with Gasteiger partial charge in [-0.1, -0.05) is 24.6 Å². The van der Waals surface area contributed by atoms with Gasteiger partial charge in [0.15, 0.2) is 0 Å². The van der Waals surface area contributed by atoms with Crippen LogP contribution in [0.3, 0.4) is 0 Å². The Morgan fingerprint density at radius 2 is 1.77 bits per heavy atom. The molecule has 0 unspecified atom stereocenters. The second kappa shape index (κ2) is 10.9. The fourth-order valence-electron chi connectivity index (χ4n) is 4.32. The summed E-state index contributed by atoms with van der Waals surface area (Å²) in [4.78, 5) is 31.8. The van der Waals surface area contributed by atoms with E-state index in [1.54, 1.807) is 25.9 Å². The molecule has 1 aliphatic carbocycles. The van der Waals surface area contributed by atoms with Crippen LogP contribution in [0.4, 0.5) is 13.2 Å². The van der Waals surface area contributed by atoms with E-state index in [2.05, 4.69) is 5.32 Å². The molecule has 0 atom stereocenters. The van der Waals surface area contributed by atoms with Gasteiger partial charge in [0.05, 0.1) is 10.3 Å². The lowest BCUT2D eigenvalue weighted by molar-refractivity contribution is -0.137. The summed E-state index contributed by atoms with van der Waals surface area (Å²) < 4.78 is 38.6. The third-order valence-corrected chi connectivity index (χ3v) is 8.36. The van der Waals surface area contributed by atoms with Gasteiger partial charge in [-0.25, -0.2) is 0 Å². The lowest BCUT2D eigenvalue weighted by atomic mass is 10.1. The molecule has 6 nitrogen and oxygen atoms in total. The quantitative estimate of drug-likeness (QED) is 0.509. The number of hydrogen-bond donors (Lipinski definition) is 1. The van der Waals surface area contributed by atoms with Gasteiger partial charge < -0.3 is 20.0 Å². The second-order valence-corrected chi connectivity index (χ2v) is 10.5. The van der Waals surface area contributed by atoms with Crippen LogP contribution in [0.15, 0.2) is 29.6 Å². The number of piperazine rings is 1. The molecule has 1 heterocycles. The third-order valence-electron chi connectivity index (χ3n) is 6.65. The van der Waals surface area contributed by atoms with Crippen molar-refractivity contribution in [2.75, 3.05) is 46.5 Å². The Morgan fingerprint density at radius 3 is 2.23 bits per heavy atom. The number of benzene rings is 1. The molecule has 2 amide bonds. The number of thioether (sulfide) groups is 1. The van der Waals surface area contributed by atoms with Crippen molar-refractivity contribution in [2.45, 2.75) is 43.7 Å². The van der Waals surface area contributed by atoms with Gasteiger partial charge in [0.2, 0.25) is 5.91 Å². The predicted octanol–water partition coefficient (Wildman–Crippen LogP) is 4.20. The first kappa shape index (κ1) is 27.5. The minimum atomic E-state index is -4.49. The van der Waals surface area contributed by atoms with Crippen LogP contribution in [0.2, 0.25) is 5.02 Å². The van der Waals surface area contributed by atoms with Gasteiger partial charge in [-0.05, 0) is 43.2 Å². The van der Waals surface area contributed by atoms with Gasteiger partial charge in [0.25, 0.3) is 5.91 Å². The summed E-state index contributed by atoms with van der Waals surface area (Å²) >= 11 is 7.73. The monoisotopic (exact) mass is 532 g/mol. The number of likely N-dealkylation sites (N-methyl/N-ethyl adjacent to an activating group) is 1. The fraction of sp³-hybridized carbons (Fsp3) is 0.583. The van der Waals surface area contributed by atoms with Gasteiger partial charge in [-0.15, -0.1) is 11.8 Å². The van der Waals surface area contributed by atoms with Gasteiger partial charge >= 0.3 is 6.18 Å². The highest BCUT2D eigenvalue weighted by atomic mass is 35.5. The molecule has 0 spiro atoms. The maximum Gasteiger partial charge on any atom is 0.416 e. The minimum absolute atomic E-state index is 0.0377. The van der Waals surface area contributed by atoms with E-state index in [9.17, 15) is 22.8 Å². The summed E-state index contributed by atoms with van der Waals surface area (Å²) in [7, 11) is 3.36. The average Bonchev–Trinajstić information content (AvgIpc) is 3.63. The SMILES string of the molecule is CC/C(NC)=C(/C(=O)N(C)Cc1ccc(C(F)(F)F)cc1Cl)N1CCN(C(=O)C2(SC)CC2)CC1. The summed E-state index contributed by atoms with van der Waals surface area (Å²) in [5, 5.41) is 3.08. The van der Waals surface area contributed by atoms with E-state index in [0.29, 0.717) is 43.9 Å². The Bertz CT molecular complexity index is 983. The zero-order valence-corrected chi connectivity index (χ0v) is 22.0. The Kier molecular flexibility index (Phi) is 8.57. The molecule has 1 aliphatic heterocycles. The van der Waals surface area contributed by atoms with Crippen molar-refractivity contribution >= 4 is 35.2 Å². The van der Waals surface area contributed by atoms with Crippen molar-refractivity contribution in [3.63, 3.8) is 0 Å². The van der Waals surface area contributed by atoms with Crippen LogP contribution in [-0.4, -0.2) is 77.8 Å². The van der Waals surface area contributed by atoms with Crippen LogP contribution < -0.4 is 5.32 Å². The molecule has 1 N–H and O–H groups in total. The summed E-state index contributed by atoms with van der Waals surface area (Å²) in [5.41, 5.74) is 0.882. The Labute approximate surface area is 213 Å². The van der Waals surface area contributed by atoms with Gasteiger partial charge in [0.1, 0.15) is 5.70 Å². The van der Waals surface area contributed by atoms with Crippen LogP contribution >= 0.6 is 23.4 Å². The number of halogens is 4. The molecule has 0 radical (unpaired) electrons. The molecule has 35 heavy (non-hydrogen) atoms. The normalized spacial score (nSPS) is 18.2. The van der Waals surface area contributed by atoms with Crippen molar-refractivity contribution in [1.29, 1.82) is 0 Å². The molecular formula is C24H32ClF3N4O2S. The number of amides is 2. The van der Waals surface area contributed by atoms with E-state index in [1.165, 1.54) is 11.0 Å². The lowest BCUT2D eigenvalue weighted by Crippen LogP contribution is -2.53. The number of carbonyl (C=O) groups is 2. The van der Waals surface area contributed by atoms with Crippen LogP contribution in [0, 0.1) is 0 Å². The molecular weight excluding hydrogens is 501 g/mol. The molecule has 11 heteroatoms. The molecule has 3 rings (SSSR count). The lowest BCUT2D eigenvalue weighted by Gasteiger charge is -2.39. The summed E-state index contributed by atoms with van der Waals surface area (Å²) in [5.74, 6) is -0.0744. The average molecular weight is 533 g/mol. The topological polar surface area (TPSA) is 55.9 Å². The van der Waals surface area contributed by atoms with Crippen molar-refractivity contribution in [2.24, 2.45) is 0 Å². The molecule has 0 bridgehead atoms. The Morgan fingerprint density at radius 1 is 1.17 bits per heavy atom. The maximum absolute atomic E-state index is 13.6. The molecule has 1 aromatic rings. The van der Waals surface area contributed by atoms with Crippen molar-refractivity contribution < 1.29 is 22.8 Å². The van der Waals surface area contributed by atoms with E-state index in [-0.39, 0.29) is 28.1 Å². The van der Waals surface area contributed by atoms with Crippen molar-refractivity contribution in [1.82, 2.24) is 20.0 Å². The van der Waals surface area contributed by atoms with E-state index in [1.807, 2.05) is 23.0 Å². The summed E-state index contributed by atoms with van der Waals surface area (Å²) in [6.07, 6.45) is -0.0933. The van der Waals surface area contributed by atoms with E-state index >= 15 is 0 Å². The number of nitrogens with zero attached hydrogens (tertiary/aromatic N) is 3. The predicted molar refractivity (Wildman–Crippen MR) is 133 cm³/mol.